The molecule has 7 nitrogen and oxygen atoms in total. The van der Waals surface area contributed by atoms with Crippen molar-refractivity contribution < 1.29 is 9.90 Å². The Kier molecular flexibility index (Phi) is 6.13. The fraction of sp³-hybridized carbons (Fsp3) is 0.308. The first kappa shape index (κ1) is 21.3. The van der Waals surface area contributed by atoms with Crippen LogP contribution in [-0.4, -0.2) is 48.5 Å². The van der Waals surface area contributed by atoms with Crippen LogP contribution in [0.1, 0.15) is 40.4 Å². The number of nitrogens with zero attached hydrogens (tertiary/aromatic N) is 5. The lowest BCUT2D eigenvalue weighted by molar-refractivity contribution is 0.0461. The first-order chi connectivity index (χ1) is 16.2. The van der Waals surface area contributed by atoms with Gasteiger partial charge in [-0.05, 0) is 48.4 Å². The van der Waals surface area contributed by atoms with E-state index in [1.54, 1.807) is 24.9 Å². The van der Waals surface area contributed by atoms with Crippen molar-refractivity contribution >= 4 is 17.1 Å². The Balaban J connectivity index is 1.22. The van der Waals surface area contributed by atoms with Gasteiger partial charge in [-0.25, -0.2) is 9.97 Å². The van der Waals surface area contributed by atoms with Crippen molar-refractivity contribution in [2.45, 2.75) is 31.9 Å². The molecule has 4 aromatic rings. The number of hydrogen-bond donors (Lipinski definition) is 1. The third-order valence-electron chi connectivity index (χ3n) is 6.49. The Labute approximate surface area is 192 Å². The average molecular weight is 442 g/mol. The van der Waals surface area contributed by atoms with E-state index in [9.17, 15) is 9.90 Å². The Hall–Kier alpha value is -3.58. The van der Waals surface area contributed by atoms with E-state index in [-0.39, 0.29) is 11.8 Å². The van der Waals surface area contributed by atoms with Crippen molar-refractivity contribution in [3.05, 3.63) is 90.1 Å². The molecule has 4 heterocycles. The molecule has 0 radical (unpaired) electrons. The van der Waals surface area contributed by atoms with Gasteiger partial charge in [-0.15, -0.1) is 0 Å². The van der Waals surface area contributed by atoms with Gasteiger partial charge in [-0.1, -0.05) is 36.4 Å². The highest BCUT2D eigenvalue weighted by Crippen LogP contribution is 2.30. The number of aromatic nitrogens is 4. The second-order valence-corrected chi connectivity index (χ2v) is 8.60. The van der Waals surface area contributed by atoms with Gasteiger partial charge < -0.3 is 14.6 Å². The molecule has 33 heavy (non-hydrogen) atoms. The highest BCUT2D eigenvalue weighted by atomic mass is 16.3. The number of aryl methyl sites for hydroxylation is 2. The van der Waals surface area contributed by atoms with Gasteiger partial charge in [0.2, 0.25) is 0 Å². The van der Waals surface area contributed by atoms with Gasteiger partial charge in [0.1, 0.15) is 5.52 Å². The van der Waals surface area contributed by atoms with Crippen LogP contribution in [0.3, 0.4) is 0 Å². The molecule has 0 spiro atoms. The molecule has 1 aliphatic heterocycles. The van der Waals surface area contributed by atoms with Crippen molar-refractivity contribution in [2.75, 3.05) is 13.1 Å². The van der Waals surface area contributed by atoms with E-state index in [2.05, 4.69) is 27.1 Å². The second-order valence-electron chi connectivity index (χ2n) is 8.60. The minimum absolute atomic E-state index is 0.0300. The van der Waals surface area contributed by atoms with E-state index < -0.39 is 6.10 Å². The predicted octanol–water partition coefficient (Wildman–Crippen LogP) is 3.65. The zero-order chi connectivity index (χ0) is 22.6. The third-order valence-corrected chi connectivity index (χ3v) is 6.49. The van der Waals surface area contributed by atoms with Crippen molar-refractivity contribution in [3.8, 4) is 0 Å². The molecule has 1 N–H and O–H groups in total. The van der Waals surface area contributed by atoms with Gasteiger partial charge in [-0.3, -0.25) is 9.78 Å². The number of carbonyl (C=O) groups excluding carboxylic acids is 1. The van der Waals surface area contributed by atoms with Crippen LogP contribution in [-0.2, 0) is 13.0 Å². The molecule has 1 amide bonds. The van der Waals surface area contributed by atoms with Gasteiger partial charge >= 0.3 is 0 Å². The molecule has 7 heteroatoms. The van der Waals surface area contributed by atoms with E-state index >= 15 is 0 Å². The fourth-order valence-corrected chi connectivity index (χ4v) is 4.55. The molecular formula is C26H27N5O2. The summed E-state index contributed by atoms with van der Waals surface area (Å²) < 4.78 is 2.03. The number of imidazole rings is 1. The fourth-order valence-electron chi connectivity index (χ4n) is 4.55. The lowest BCUT2D eigenvalue weighted by Gasteiger charge is -2.34. The Morgan fingerprint density at radius 1 is 1.06 bits per heavy atom. The smallest absolute Gasteiger partial charge is 0.255 e. The van der Waals surface area contributed by atoms with E-state index in [0.717, 1.165) is 42.5 Å². The van der Waals surface area contributed by atoms with Crippen LogP contribution in [0.5, 0.6) is 0 Å². The number of aliphatic hydroxyl groups excluding tert-OH is 1. The molecule has 1 aromatic carbocycles. The van der Waals surface area contributed by atoms with E-state index in [1.807, 2.05) is 45.9 Å². The molecule has 1 aliphatic rings. The number of amides is 1. The summed E-state index contributed by atoms with van der Waals surface area (Å²) in [5.74, 6) is 0.0942. The maximum absolute atomic E-state index is 13.1. The molecule has 3 aromatic heterocycles. The number of likely N-dealkylation sites (tertiary alicyclic amines) is 1. The molecule has 168 valence electrons. The van der Waals surface area contributed by atoms with Gasteiger partial charge in [0.25, 0.3) is 5.91 Å². The first-order valence-electron chi connectivity index (χ1n) is 11.4. The molecule has 1 unspecified atom stereocenters. The number of carbonyl (C=O) groups is 1. The molecule has 5 rings (SSSR count). The quantitative estimate of drug-likeness (QED) is 0.494. The summed E-state index contributed by atoms with van der Waals surface area (Å²) in [6.45, 7) is 2.02. The van der Waals surface area contributed by atoms with Crippen LogP contribution >= 0.6 is 0 Å². The van der Waals surface area contributed by atoms with Gasteiger partial charge in [0.15, 0.2) is 5.65 Å². The number of pyridine rings is 2. The highest BCUT2D eigenvalue weighted by molar-refractivity contribution is 5.96. The maximum atomic E-state index is 13.1. The normalized spacial score (nSPS) is 15.6. The van der Waals surface area contributed by atoms with Crippen molar-refractivity contribution in [2.24, 2.45) is 5.92 Å². The number of fused-ring (bicyclic) bond motifs is 1. The summed E-state index contributed by atoms with van der Waals surface area (Å²) >= 11 is 0. The minimum Gasteiger partial charge on any atom is -0.388 e. The summed E-state index contributed by atoms with van der Waals surface area (Å²) in [6, 6.07) is 15.9. The van der Waals surface area contributed by atoms with Crippen LogP contribution < -0.4 is 0 Å². The lowest BCUT2D eigenvalue weighted by Crippen LogP contribution is -2.39. The Bertz CT molecular complexity index is 1220. The van der Waals surface area contributed by atoms with E-state index in [4.69, 9.17) is 0 Å². The van der Waals surface area contributed by atoms with Gasteiger partial charge in [-0.2, -0.15) is 0 Å². The number of hydrogen-bond acceptors (Lipinski definition) is 5. The topological polar surface area (TPSA) is 84.1 Å². The molecule has 0 aliphatic carbocycles. The van der Waals surface area contributed by atoms with Crippen LogP contribution in [0.25, 0.3) is 11.2 Å². The minimum atomic E-state index is -0.547. The molecule has 1 atom stereocenters. The number of aliphatic hydroxyl groups is 1. The van der Waals surface area contributed by atoms with Crippen LogP contribution in [0.4, 0.5) is 0 Å². The molecule has 1 fully saturated rings. The molecule has 0 saturated carbocycles. The first-order valence-corrected chi connectivity index (χ1v) is 11.4. The number of rotatable bonds is 6. The molecule has 0 bridgehead atoms. The zero-order valence-corrected chi connectivity index (χ0v) is 18.4. The average Bonchev–Trinajstić information content (AvgIpc) is 3.30. The summed E-state index contributed by atoms with van der Waals surface area (Å²) in [4.78, 5) is 28.1. The maximum Gasteiger partial charge on any atom is 0.255 e. The van der Waals surface area contributed by atoms with E-state index in [0.29, 0.717) is 18.7 Å². The summed E-state index contributed by atoms with van der Waals surface area (Å²) in [5.41, 5.74) is 4.18. The monoisotopic (exact) mass is 441 g/mol. The predicted molar refractivity (Wildman–Crippen MR) is 125 cm³/mol. The number of piperidine rings is 1. The Morgan fingerprint density at radius 3 is 2.64 bits per heavy atom. The second kappa shape index (κ2) is 9.50. The molecule has 1 saturated heterocycles. The van der Waals surface area contributed by atoms with Gasteiger partial charge in [0, 0.05) is 38.2 Å². The lowest BCUT2D eigenvalue weighted by atomic mass is 9.88. The Morgan fingerprint density at radius 2 is 1.88 bits per heavy atom. The van der Waals surface area contributed by atoms with Crippen LogP contribution in [0, 0.1) is 5.92 Å². The third kappa shape index (κ3) is 4.64. The standard InChI is InChI=1S/C26H27N5O2/c32-24(21-7-4-11-27-16-21)20-9-13-30(14-10-20)26(33)22-15-23-25(28-17-22)31(18-29-23)12-8-19-5-2-1-3-6-19/h1-7,11,15-18,20,24,32H,8-10,12-14H2. The van der Waals surface area contributed by atoms with Crippen LogP contribution in [0.2, 0.25) is 0 Å². The van der Waals surface area contributed by atoms with Crippen molar-refractivity contribution in [1.82, 2.24) is 24.4 Å². The van der Waals surface area contributed by atoms with E-state index in [1.165, 1.54) is 5.56 Å². The SMILES string of the molecule is O=C(c1cnc2c(c1)ncn2CCc1ccccc1)N1CCC(C(O)c2cccnc2)CC1. The summed E-state index contributed by atoms with van der Waals surface area (Å²) in [5, 5.41) is 10.7. The van der Waals surface area contributed by atoms with Crippen molar-refractivity contribution in [3.63, 3.8) is 0 Å². The van der Waals surface area contributed by atoms with Crippen LogP contribution in [0.15, 0.2) is 73.4 Å². The summed E-state index contributed by atoms with van der Waals surface area (Å²) in [7, 11) is 0. The summed E-state index contributed by atoms with van der Waals surface area (Å²) in [6.07, 6.45) is 8.72. The number of benzene rings is 1. The van der Waals surface area contributed by atoms with Crippen molar-refractivity contribution in [1.29, 1.82) is 0 Å². The largest absolute Gasteiger partial charge is 0.388 e. The molecular weight excluding hydrogens is 414 g/mol. The van der Waals surface area contributed by atoms with Gasteiger partial charge in [0.05, 0.1) is 18.0 Å². The zero-order valence-electron chi connectivity index (χ0n) is 18.4. The highest BCUT2D eigenvalue weighted by Gasteiger charge is 2.29.